The van der Waals surface area contributed by atoms with Gasteiger partial charge < -0.3 is 15.6 Å². The number of aliphatic hydroxyl groups excluding tert-OH is 1. The Labute approximate surface area is 94.2 Å². The average molecular weight is 247 g/mol. The second-order valence-electron chi connectivity index (χ2n) is 3.20. The SMILES string of the molecule is Nc1nc(=O)n([C@@H]2COC(CO)S2)cc1F. The van der Waals surface area contributed by atoms with Crippen LogP contribution in [-0.4, -0.2) is 33.3 Å². The highest BCUT2D eigenvalue weighted by Gasteiger charge is 2.28. The Morgan fingerprint density at radius 3 is 3.19 bits per heavy atom. The minimum Gasteiger partial charge on any atom is -0.393 e. The van der Waals surface area contributed by atoms with Crippen LogP contribution in [0.3, 0.4) is 0 Å². The number of aliphatic hydroxyl groups is 1. The molecule has 0 spiro atoms. The number of hydrogen-bond donors (Lipinski definition) is 2. The number of hydrogen-bond acceptors (Lipinski definition) is 6. The number of anilines is 1. The predicted molar refractivity (Wildman–Crippen MR) is 56.3 cm³/mol. The van der Waals surface area contributed by atoms with Gasteiger partial charge in [0, 0.05) is 6.20 Å². The van der Waals surface area contributed by atoms with Crippen molar-refractivity contribution in [3.63, 3.8) is 0 Å². The first-order valence-electron chi connectivity index (χ1n) is 4.54. The molecule has 0 amide bonds. The molecule has 0 radical (unpaired) electrons. The molecule has 0 bridgehead atoms. The van der Waals surface area contributed by atoms with Crippen LogP contribution in [0.4, 0.5) is 10.2 Å². The minimum absolute atomic E-state index is 0.152. The van der Waals surface area contributed by atoms with Gasteiger partial charge in [0.25, 0.3) is 0 Å². The van der Waals surface area contributed by atoms with E-state index in [1.807, 2.05) is 0 Å². The van der Waals surface area contributed by atoms with Crippen molar-refractivity contribution in [2.24, 2.45) is 0 Å². The minimum atomic E-state index is -0.743. The molecule has 2 rings (SSSR count). The highest BCUT2D eigenvalue weighted by Crippen LogP contribution is 2.34. The van der Waals surface area contributed by atoms with Crippen molar-refractivity contribution >= 4 is 17.6 Å². The van der Waals surface area contributed by atoms with Gasteiger partial charge in [0.1, 0.15) is 10.8 Å². The summed E-state index contributed by atoms with van der Waals surface area (Å²) < 4.78 is 19.4. The molecular formula is C8H10FN3O3S. The van der Waals surface area contributed by atoms with Crippen LogP contribution in [0.15, 0.2) is 11.0 Å². The van der Waals surface area contributed by atoms with Crippen molar-refractivity contribution in [2.75, 3.05) is 18.9 Å². The fraction of sp³-hybridized carbons (Fsp3) is 0.500. The smallest absolute Gasteiger partial charge is 0.350 e. The third kappa shape index (κ3) is 2.04. The zero-order valence-electron chi connectivity index (χ0n) is 8.17. The molecular weight excluding hydrogens is 237 g/mol. The van der Waals surface area contributed by atoms with Gasteiger partial charge in [-0.15, -0.1) is 11.8 Å². The van der Waals surface area contributed by atoms with E-state index < -0.39 is 22.8 Å². The first kappa shape index (κ1) is 11.4. The van der Waals surface area contributed by atoms with E-state index in [1.165, 1.54) is 11.8 Å². The topological polar surface area (TPSA) is 90.4 Å². The van der Waals surface area contributed by atoms with Crippen molar-refractivity contribution in [3.8, 4) is 0 Å². The number of nitrogens with two attached hydrogens (primary N) is 1. The fourth-order valence-electron chi connectivity index (χ4n) is 1.35. The highest BCUT2D eigenvalue weighted by atomic mass is 32.2. The Balaban J connectivity index is 2.28. The number of halogens is 1. The van der Waals surface area contributed by atoms with Gasteiger partial charge >= 0.3 is 5.69 Å². The second kappa shape index (κ2) is 4.40. The molecule has 1 unspecified atom stereocenters. The molecule has 1 aromatic heterocycles. The third-order valence-corrected chi connectivity index (χ3v) is 3.39. The van der Waals surface area contributed by atoms with E-state index in [1.54, 1.807) is 0 Å². The summed E-state index contributed by atoms with van der Waals surface area (Å²) in [6, 6.07) is 0. The summed E-state index contributed by atoms with van der Waals surface area (Å²) in [7, 11) is 0. The lowest BCUT2D eigenvalue weighted by molar-refractivity contribution is 0.0802. The largest absolute Gasteiger partial charge is 0.393 e. The van der Waals surface area contributed by atoms with Crippen molar-refractivity contribution in [3.05, 3.63) is 22.5 Å². The Kier molecular flexibility index (Phi) is 3.13. The van der Waals surface area contributed by atoms with E-state index in [-0.39, 0.29) is 18.6 Å². The lowest BCUT2D eigenvalue weighted by atomic mass is 10.5. The molecule has 16 heavy (non-hydrogen) atoms. The molecule has 1 saturated heterocycles. The van der Waals surface area contributed by atoms with Gasteiger partial charge in [0.15, 0.2) is 11.6 Å². The van der Waals surface area contributed by atoms with E-state index in [0.29, 0.717) is 0 Å². The van der Waals surface area contributed by atoms with Crippen LogP contribution >= 0.6 is 11.8 Å². The second-order valence-corrected chi connectivity index (χ2v) is 4.54. The van der Waals surface area contributed by atoms with Gasteiger partial charge in [-0.25, -0.2) is 9.18 Å². The molecule has 1 aliphatic rings. The van der Waals surface area contributed by atoms with Gasteiger partial charge in [-0.05, 0) is 0 Å². The molecule has 8 heteroatoms. The molecule has 1 fully saturated rings. The van der Waals surface area contributed by atoms with Crippen LogP contribution in [0.2, 0.25) is 0 Å². The highest BCUT2D eigenvalue weighted by molar-refractivity contribution is 8.00. The molecule has 2 atom stereocenters. The first-order valence-corrected chi connectivity index (χ1v) is 5.48. The summed E-state index contributed by atoms with van der Waals surface area (Å²) in [4.78, 5) is 14.8. The summed E-state index contributed by atoms with van der Waals surface area (Å²) >= 11 is 1.24. The van der Waals surface area contributed by atoms with Crippen molar-refractivity contribution in [1.29, 1.82) is 0 Å². The fourth-order valence-corrected chi connectivity index (χ4v) is 2.38. The average Bonchev–Trinajstić information content (AvgIpc) is 2.71. The lowest BCUT2D eigenvalue weighted by Crippen LogP contribution is -2.27. The Morgan fingerprint density at radius 2 is 2.56 bits per heavy atom. The van der Waals surface area contributed by atoms with E-state index in [9.17, 15) is 9.18 Å². The lowest BCUT2D eigenvalue weighted by Gasteiger charge is -2.11. The number of thioether (sulfide) groups is 1. The molecule has 1 aromatic rings. The summed E-state index contributed by atoms with van der Waals surface area (Å²) in [5.41, 5.74) is 4.15. The maximum atomic E-state index is 13.1. The maximum Gasteiger partial charge on any atom is 0.350 e. The third-order valence-electron chi connectivity index (χ3n) is 2.13. The number of nitrogen functional groups attached to an aromatic ring is 1. The van der Waals surface area contributed by atoms with Gasteiger partial charge in [0.05, 0.1) is 13.2 Å². The van der Waals surface area contributed by atoms with Crippen molar-refractivity contribution < 1.29 is 14.2 Å². The zero-order chi connectivity index (χ0) is 11.7. The summed E-state index contributed by atoms with van der Waals surface area (Å²) in [5, 5.41) is 8.47. The van der Waals surface area contributed by atoms with Gasteiger partial charge in [-0.3, -0.25) is 4.57 Å². The Bertz CT molecular complexity index is 453. The number of ether oxygens (including phenoxy) is 1. The molecule has 0 aromatic carbocycles. The standard InChI is InChI=1S/C8H10FN3O3S/c9-4-1-12(8(14)11-7(4)10)5-3-15-6(2-13)16-5/h1,5-6,13H,2-3H2,(H2,10,11,14)/t5-,6?/m0/s1. The van der Waals surface area contributed by atoms with E-state index >= 15 is 0 Å². The van der Waals surface area contributed by atoms with E-state index in [0.717, 1.165) is 10.8 Å². The molecule has 1 aliphatic heterocycles. The van der Waals surface area contributed by atoms with Gasteiger partial charge in [-0.2, -0.15) is 4.98 Å². The maximum absolute atomic E-state index is 13.1. The van der Waals surface area contributed by atoms with Crippen LogP contribution < -0.4 is 11.4 Å². The molecule has 6 nitrogen and oxygen atoms in total. The van der Waals surface area contributed by atoms with Crippen molar-refractivity contribution in [2.45, 2.75) is 10.8 Å². The summed E-state index contributed by atoms with van der Waals surface area (Å²) in [6.45, 7) is 0.0711. The van der Waals surface area contributed by atoms with Crippen LogP contribution in [0, 0.1) is 5.82 Å². The predicted octanol–water partition coefficient (Wildman–Crippen LogP) is -0.455. The zero-order valence-corrected chi connectivity index (χ0v) is 8.98. The normalized spacial score (nSPS) is 24.9. The van der Waals surface area contributed by atoms with Crippen LogP contribution in [0.25, 0.3) is 0 Å². The van der Waals surface area contributed by atoms with E-state index in [4.69, 9.17) is 15.6 Å². The molecule has 0 aliphatic carbocycles. The molecule has 0 saturated carbocycles. The van der Waals surface area contributed by atoms with E-state index in [2.05, 4.69) is 4.98 Å². The number of aromatic nitrogens is 2. The number of rotatable bonds is 2. The van der Waals surface area contributed by atoms with Crippen LogP contribution in [-0.2, 0) is 4.74 Å². The van der Waals surface area contributed by atoms with Gasteiger partial charge in [0.2, 0.25) is 0 Å². The molecule has 88 valence electrons. The Morgan fingerprint density at radius 1 is 1.81 bits per heavy atom. The Hall–Kier alpha value is -1.12. The van der Waals surface area contributed by atoms with Crippen LogP contribution in [0.1, 0.15) is 5.37 Å². The number of nitrogens with zero attached hydrogens (tertiary/aromatic N) is 2. The molecule has 2 heterocycles. The van der Waals surface area contributed by atoms with Crippen LogP contribution in [0.5, 0.6) is 0 Å². The summed E-state index contributed by atoms with van der Waals surface area (Å²) in [6.07, 6.45) is 1.01. The first-order chi connectivity index (χ1) is 7.61. The van der Waals surface area contributed by atoms with Gasteiger partial charge in [-0.1, -0.05) is 0 Å². The summed E-state index contributed by atoms with van der Waals surface area (Å²) in [5.74, 6) is -1.16. The quantitative estimate of drug-likeness (QED) is 0.735. The monoisotopic (exact) mass is 247 g/mol. The molecule has 3 N–H and O–H groups in total. The van der Waals surface area contributed by atoms with Crippen molar-refractivity contribution in [1.82, 2.24) is 9.55 Å².